The number of hydrogen-bond donors (Lipinski definition) is 1. The number of hydrogen-bond acceptors (Lipinski definition) is 3. The fourth-order valence-electron chi connectivity index (χ4n) is 2.60. The molecule has 0 aromatic heterocycles. The molecule has 7 heteroatoms. The van der Waals surface area contributed by atoms with Gasteiger partial charge >= 0.3 is 0 Å². The van der Waals surface area contributed by atoms with E-state index in [9.17, 15) is 17.6 Å². The molecule has 0 saturated carbocycles. The first kappa shape index (κ1) is 16.4. The number of benzene rings is 2. The lowest BCUT2D eigenvalue weighted by Crippen LogP contribution is -2.23. The van der Waals surface area contributed by atoms with Crippen LogP contribution < -0.4 is 9.62 Å². The summed E-state index contributed by atoms with van der Waals surface area (Å²) < 4.78 is 40.7. The van der Waals surface area contributed by atoms with E-state index >= 15 is 0 Å². The molecule has 1 heterocycles. The van der Waals surface area contributed by atoms with Gasteiger partial charge in [-0.3, -0.25) is 9.52 Å². The number of carbonyl (C=O) groups is 1. The van der Waals surface area contributed by atoms with Crippen LogP contribution in [-0.4, -0.2) is 20.9 Å². The molecule has 0 spiro atoms. The monoisotopic (exact) mass is 348 g/mol. The zero-order valence-corrected chi connectivity index (χ0v) is 13.9. The Hall–Kier alpha value is -2.41. The molecule has 126 valence electrons. The van der Waals surface area contributed by atoms with Crippen LogP contribution >= 0.6 is 0 Å². The van der Waals surface area contributed by atoms with E-state index in [4.69, 9.17) is 0 Å². The summed E-state index contributed by atoms with van der Waals surface area (Å²) in [5.41, 5.74) is 1.28. The van der Waals surface area contributed by atoms with Gasteiger partial charge in [0.2, 0.25) is 5.91 Å². The van der Waals surface area contributed by atoms with Crippen LogP contribution in [0.1, 0.15) is 18.4 Å². The Kier molecular flexibility index (Phi) is 4.28. The average molecular weight is 348 g/mol. The van der Waals surface area contributed by atoms with Crippen molar-refractivity contribution in [3.8, 4) is 0 Å². The summed E-state index contributed by atoms with van der Waals surface area (Å²) in [4.78, 5) is 13.4. The maximum atomic E-state index is 13.5. The van der Waals surface area contributed by atoms with Gasteiger partial charge < -0.3 is 4.90 Å². The molecule has 3 rings (SSSR count). The summed E-state index contributed by atoms with van der Waals surface area (Å²) in [6.45, 7) is 2.25. The van der Waals surface area contributed by atoms with Crippen molar-refractivity contribution in [2.75, 3.05) is 16.2 Å². The van der Waals surface area contributed by atoms with Crippen molar-refractivity contribution in [2.24, 2.45) is 0 Å². The van der Waals surface area contributed by atoms with Gasteiger partial charge in [-0.05, 0) is 55.3 Å². The molecule has 0 radical (unpaired) electrons. The topological polar surface area (TPSA) is 66.5 Å². The van der Waals surface area contributed by atoms with Crippen molar-refractivity contribution < 1.29 is 17.6 Å². The maximum Gasteiger partial charge on any atom is 0.261 e. The third-order valence-electron chi connectivity index (χ3n) is 3.96. The number of nitrogens with zero attached hydrogens (tertiary/aromatic N) is 1. The summed E-state index contributed by atoms with van der Waals surface area (Å²) in [6, 6.07) is 10.2. The first-order valence-corrected chi connectivity index (χ1v) is 9.04. The van der Waals surface area contributed by atoms with Gasteiger partial charge in [0.15, 0.2) is 0 Å². The fourth-order valence-corrected chi connectivity index (χ4v) is 3.65. The van der Waals surface area contributed by atoms with E-state index < -0.39 is 15.8 Å². The highest BCUT2D eigenvalue weighted by Gasteiger charge is 2.22. The molecule has 0 atom stereocenters. The summed E-state index contributed by atoms with van der Waals surface area (Å²) >= 11 is 0. The minimum atomic E-state index is -3.82. The van der Waals surface area contributed by atoms with Gasteiger partial charge in [-0.2, -0.15) is 0 Å². The number of rotatable bonds is 4. The second kappa shape index (κ2) is 6.24. The highest BCUT2D eigenvalue weighted by Crippen LogP contribution is 2.24. The molecule has 0 bridgehead atoms. The van der Waals surface area contributed by atoms with Crippen LogP contribution in [0.15, 0.2) is 47.4 Å². The highest BCUT2D eigenvalue weighted by atomic mass is 32.2. The number of anilines is 2. The third-order valence-corrected chi connectivity index (χ3v) is 5.35. The van der Waals surface area contributed by atoms with E-state index in [1.54, 1.807) is 24.0 Å². The van der Waals surface area contributed by atoms with Gasteiger partial charge in [-0.15, -0.1) is 0 Å². The number of aryl methyl sites for hydroxylation is 1. The second-order valence-electron chi connectivity index (χ2n) is 5.71. The Labute approximate surface area is 140 Å². The van der Waals surface area contributed by atoms with Crippen LogP contribution in [0.5, 0.6) is 0 Å². The van der Waals surface area contributed by atoms with Crippen molar-refractivity contribution >= 4 is 27.3 Å². The minimum absolute atomic E-state index is 0.0406. The molecular formula is C17H17FN2O3S. The van der Waals surface area contributed by atoms with Crippen molar-refractivity contribution in [2.45, 2.75) is 24.7 Å². The van der Waals surface area contributed by atoms with E-state index in [1.165, 1.54) is 24.3 Å². The molecule has 1 N–H and O–H groups in total. The van der Waals surface area contributed by atoms with Crippen LogP contribution in [-0.2, 0) is 14.8 Å². The van der Waals surface area contributed by atoms with E-state index in [2.05, 4.69) is 4.72 Å². The number of halogens is 1. The number of sulfonamides is 1. The molecule has 1 saturated heterocycles. The Morgan fingerprint density at radius 3 is 2.42 bits per heavy atom. The second-order valence-corrected chi connectivity index (χ2v) is 7.39. The fraction of sp³-hybridized carbons (Fsp3) is 0.235. The summed E-state index contributed by atoms with van der Waals surface area (Å²) in [7, 11) is -3.82. The molecule has 0 unspecified atom stereocenters. The zero-order valence-electron chi connectivity index (χ0n) is 13.1. The standard InChI is InChI=1S/C17H17FN2O3S/c1-12-4-5-13(11-16(12)18)19-24(22,23)15-8-6-14(7-9-15)20-10-2-3-17(20)21/h4-9,11,19H,2-3,10H2,1H3. The van der Waals surface area contributed by atoms with Crippen LogP contribution in [0, 0.1) is 12.7 Å². The third kappa shape index (κ3) is 3.26. The van der Waals surface area contributed by atoms with Gasteiger partial charge in [-0.25, -0.2) is 12.8 Å². The quantitative estimate of drug-likeness (QED) is 0.923. The molecular weight excluding hydrogens is 331 g/mol. The van der Waals surface area contributed by atoms with E-state index in [0.29, 0.717) is 24.2 Å². The molecule has 1 aliphatic rings. The van der Waals surface area contributed by atoms with Gasteiger partial charge in [-0.1, -0.05) is 6.07 Å². The smallest absolute Gasteiger partial charge is 0.261 e. The first-order valence-electron chi connectivity index (χ1n) is 7.56. The predicted octanol–water partition coefficient (Wildman–Crippen LogP) is 3.06. The Balaban J connectivity index is 1.81. The van der Waals surface area contributed by atoms with E-state index in [1.807, 2.05) is 0 Å². The minimum Gasteiger partial charge on any atom is -0.312 e. The van der Waals surface area contributed by atoms with Crippen LogP contribution in [0.3, 0.4) is 0 Å². The average Bonchev–Trinajstić information content (AvgIpc) is 2.97. The SMILES string of the molecule is Cc1ccc(NS(=O)(=O)c2ccc(N3CCCC3=O)cc2)cc1F. The van der Waals surface area contributed by atoms with Crippen LogP contribution in [0.2, 0.25) is 0 Å². The zero-order chi connectivity index (χ0) is 17.3. The molecule has 5 nitrogen and oxygen atoms in total. The lowest BCUT2D eigenvalue weighted by molar-refractivity contribution is -0.117. The Morgan fingerprint density at radius 2 is 1.83 bits per heavy atom. The maximum absolute atomic E-state index is 13.5. The van der Waals surface area contributed by atoms with Crippen molar-refractivity contribution in [1.82, 2.24) is 0 Å². The molecule has 2 aromatic carbocycles. The molecule has 1 aliphatic heterocycles. The van der Waals surface area contributed by atoms with Crippen molar-refractivity contribution in [1.29, 1.82) is 0 Å². The molecule has 0 aliphatic carbocycles. The van der Waals surface area contributed by atoms with Gasteiger partial charge in [0.05, 0.1) is 10.6 Å². The van der Waals surface area contributed by atoms with Gasteiger partial charge in [0.1, 0.15) is 5.82 Å². The van der Waals surface area contributed by atoms with Crippen LogP contribution in [0.4, 0.5) is 15.8 Å². The van der Waals surface area contributed by atoms with Gasteiger partial charge in [0, 0.05) is 18.7 Å². The molecule has 24 heavy (non-hydrogen) atoms. The Morgan fingerprint density at radius 1 is 1.12 bits per heavy atom. The number of amides is 1. The van der Waals surface area contributed by atoms with Crippen molar-refractivity contribution in [3.05, 3.63) is 53.8 Å². The van der Waals surface area contributed by atoms with E-state index in [0.717, 1.165) is 12.5 Å². The molecule has 1 amide bonds. The lowest BCUT2D eigenvalue weighted by atomic mass is 10.2. The Bertz CT molecular complexity index is 879. The summed E-state index contributed by atoms with van der Waals surface area (Å²) in [5, 5.41) is 0. The molecule has 2 aromatic rings. The first-order chi connectivity index (χ1) is 11.4. The predicted molar refractivity (Wildman–Crippen MR) is 90.0 cm³/mol. The van der Waals surface area contributed by atoms with Gasteiger partial charge in [0.25, 0.3) is 10.0 Å². The normalized spacial score (nSPS) is 14.9. The number of carbonyl (C=O) groups excluding carboxylic acids is 1. The van der Waals surface area contributed by atoms with Crippen LogP contribution in [0.25, 0.3) is 0 Å². The lowest BCUT2D eigenvalue weighted by Gasteiger charge is -2.16. The van der Waals surface area contributed by atoms with Crippen molar-refractivity contribution in [3.63, 3.8) is 0 Å². The number of nitrogens with one attached hydrogen (secondary N) is 1. The largest absolute Gasteiger partial charge is 0.312 e. The highest BCUT2D eigenvalue weighted by molar-refractivity contribution is 7.92. The molecule has 1 fully saturated rings. The summed E-state index contributed by atoms with van der Waals surface area (Å²) in [5.74, 6) is -0.433. The van der Waals surface area contributed by atoms with E-state index in [-0.39, 0.29) is 16.5 Å². The summed E-state index contributed by atoms with van der Waals surface area (Å²) in [6.07, 6.45) is 1.32.